The molecule has 1 saturated heterocycles. The second-order valence-corrected chi connectivity index (χ2v) is 6.19. The molecule has 3 amide bonds. The van der Waals surface area contributed by atoms with E-state index in [0.717, 1.165) is 24.1 Å². The van der Waals surface area contributed by atoms with E-state index in [1.807, 2.05) is 31.2 Å². The van der Waals surface area contributed by atoms with E-state index in [1.165, 1.54) is 12.8 Å². The Balaban J connectivity index is 1.61. The summed E-state index contributed by atoms with van der Waals surface area (Å²) in [7, 11) is 0. The zero-order chi connectivity index (χ0) is 15.5. The van der Waals surface area contributed by atoms with E-state index in [1.54, 1.807) is 4.90 Å². The van der Waals surface area contributed by atoms with Crippen LogP contribution in [0.3, 0.4) is 0 Å². The second-order valence-electron chi connectivity index (χ2n) is 6.19. The van der Waals surface area contributed by atoms with Crippen LogP contribution in [0.5, 0.6) is 0 Å². The van der Waals surface area contributed by atoms with E-state index >= 15 is 0 Å². The number of carbonyl (C=O) groups is 2. The van der Waals surface area contributed by atoms with Crippen molar-refractivity contribution in [2.75, 3.05) is 18.0 Å². The third-order valence-electron chi connectivity index (χ3n) is 4.65. The van der Waals surface area contributed by atoms with E-state index in [4.69, 9.17) is 0 Å². The first-order valence-corrected chi connectivity index (χ1v) is 8.11. The van der Waals surface area contributed by atoms with Crippen LogP contribution in [0.1, 0.15) is 44.2 Å². The Morgan fingerprint density at radius 2 is 1.95 bits per heavy atom. The third kappa shape index (κ3) is 3.08. The summed E-state index contributed by atoms with van der Waals surface area (Å²) in [6.45, 7) is 3.39. The number of carbonyl (C=O) groups excluding carboxylic acids is 2. The van der Waals surface area contributed by atoms with Gasteiger partial charge in [-0.05, 0) is 37.5 Å². The van der Waals surface area contributed by atoms with Gasteiger partial charge < -0.3 is 10.6 Å². The minimum Gasteiger partial charge on any atom is -0.349 e. The standard InChI is InChI=1S/C17H23N3O2/c1-12(19-16(21)14-4-2-3-5-14)13-6-8-15(9-7-13)20-11-10-18-17(20)22/h6-9,12,14H,2-5,10-11H2,1H3,(H,18,22)(H,19,21). The van der Waals surface area contributed by atoms with Gasteiger partial charge in [-0.2, -0.15) is 0 Å². The summed E-state index contributed by atoms with van der Waals surface area (Å²) >= 11 is 0. The fraction of sp³-hybridized carbons (Fsp3) is 0.529. The molecule has 5 heteroatoms. The van der Waals surface area contributed by atoms with Gasteiger partial charge in [0.05, 0.1) is 6.04 Å². The number of urea groups is 1. The predicted octanol–water partition coefficient (Wildman–Crippen LogP) is 2.58. The van der Waals surface area contributed by atoms with Crippen molar-refractivity contribution in [3.63, 3.8) is 0 Å². The molecule has 118 valence electrons. The molecule has 1 aromatic carbocycles. The third-order valence-corrected chi connectivity index (χ3v) is 4.65. The van der Waals surface area contributed by atoms with E-state index in [-0.39, 0.29) is 23.9 Å². The summed E-state index contributed by atoms with van der Waals surface area (Å²) in [5.74, 6) is 0.364. The Kier molecular flexibility index (Phi) is 4.32. The Morgan fingerprint density at radius 1 is 1.27 bits per heavy atom. The fourth-order valence-corrected chi connectivity index (χ4v) is 3.26. The van der Waals surface area contributed by atoms with Crippen LogP contribution in [-0.2, 0) is 4.79 Å². The van der Waals surface area contributed by atoms with Gasteiger partial charge in [0, 0.05) is 24.7 Å². The van der Waals surface area contributed by atoms with E-state index in [2.05, 4.69) is 10.6 Å². The van der Waals surface area contributed by atoms with Crippen LogP contribution in [-0.4, -0.2) is 25.0 Å². The summed E-state index contributed by atoms with van der Waals surface area (Å²) in [5, 5.41) is 5.90. The van der Waals surface area contributed by atoms with Crippen LogP contribution in [0.25, 0.3) is 0 Å². The van der Waals surface area contributed by atoms with E-state index < -0.39 is 0 Å². The number of hydrogen-bond donors (Lipinski definition) is 2. The molecule has 0 bridgehead atoms. The number of nitrogens with zero attached hydrogens (tertiary/aromatic N) is 1. The summed E-state index contributed by atoms with van der Waals surface area (Å²) < 4.78 is 0. The fourth-order valence-electron chi connectivity index (χ4n) is 3.26. The van der Waals surface area contributed by atoms with Crippen LogP contribution in [0.2, 0.25) is 0 Å². The van der Waals surface area contributed by atoms with Crippen molar-refractivity contribution >= 4 is 17.6 Å². The molecule has 1 atom stereocenters. The molecule has 1 unspecified atom stereocenters. The van der Waals surface area contributed by atoms with E-state index in [9.17, 15) is 9.59 Å². The highest BCUT2D eigenvalue weighted by atomic mass is 16.2. The lowest BCUT2D eigenvalue weighted by atomic mass is 10.0. The number of amides is 3. The molecule has 1 aliphatic carbocycles. The van der Waals surface area contributed by atoms with Gasteiger partial charge in [-0.25, -0.2) is 4.79 Å². The number of nitrogens with one attached hydrogen (secondary N) is 2. The van der Waals surface area contributed by atoms with Gasteiger partial charge in [0.15, 0.2) is 0 Å². The molecule has 22 heavy (non-hydrogen) atoms. The lowest BCUT2D eigenvalue weighted by Crippen LogP contribution is -2.31. The molecule has 2 N–H and O–H groups in total. The Morgan fingerprint density at radius 3 is 2.55 bits per heavy atom. The highest BCUT2D eigenvalue weighted by molar-refractivity contribution is 5.94. The number of rotatable bonds is 4. The molecular weight excluding hydrogens is 278 g/mol. The number of anilines is 1. The van der Waals surface area contributed by atoms with Gasteiger partial charge in [0.2, 0.25) is 5.91 Å². The van der Waals surface area contributed by atoms with Crippen molar-refractivity contribution in [1.29, 1.82) is 0 Å². The first kappa shape index (κ1) is 14.9. The van der Waals surface area contributed by atoms with Crippen LogP contribution in [0.15, 0.2) is 24.3 Å². The van der Waals surface area contributed by atoms with Crippen molar-refractivity contribution in [2.24, 2.45) is 5.92 Å². The molecule has 5 nitrogen and oxygen atoms in total. The second kappa shape index (κ2) is 6.38. The molecule has 0 aromatic heterocycles. The lowest BCUT2D eigenvalue weighted by Gasteiger charge is -2.19. The minimum atomic E-state index is -0.0460. The maximum absolute atomic E-state index is 12.2. The Labute approximate surface area is 131 Å². The zero-order valence-corrected chi connectivity index (χ0v) is 13.0. The zero-order valence-electron chi connectivity index (χ0n) is 13.0. The van der Waals surface area contributed by atoms with E-state index in [0.29, 0.717) is 13.1 Å². The molecule has 1 heterocycles. The molecule has 2 aliphatic rings. The monoisotopic (exact) mass is 301 g/mol. The first-order valence-electron chi connectivity index (χ1n) is 8.11. The molecule has 1 aliphatic heterocycles. The number of benzene rings is 1. The van der Waals surface area contributed by atoms with Gasteiger partial charge in [0.25, 0.3) is 0 Å². The molecule has 1 aromatic rings. The summed E-state index contributed by atoms with van der Waals surface area (Å²) in [4.78, 5) is 25.5. The normalized spacial score (nSPS) is 20.0. The molecular formula is C17H23N3O2. The first-order chi connectivity index (χ1) is 10.6. The van der Waals surface area contributed by atoms with Crippen molar-refractivity contribution in [3.8, 4) is 0 Å². The van der Waals surface area contributed by atoms with Crippen molar-refractivity contribution in [2.45, 2.75) is 38.6 Å². The minimum absolute atomic E-state index is 0.00504. The van der Waals surface area contributed by atoms with Crippen molar-refractivity contribution < 1.29 is 9.59 Å². The highest BCUT2D eigenvalue weighted by Gasteiger charge is 2.24. The summed E-state index contributed by atoms with van der Waals surface area (Å²) in [6, 6.07) is 7.81. The van der Waals surface area contributed by atoms with Crippen molar-refractivity contribution in [3.05, 3.63) is 29.8 Å². The van der Waals surface area contributed by atoms with Crippen LogP contribution >= 0.6 is 0 Å². The Bertz CT molecular complexity index is 550. The SMILES string of the molecule is CC(NC(=O)C1CCCC1)c1ccc(N2CCNC2=O)cc1. The molecule has 1 saturated carbocycles. The lowest BCUT2D eigenvalue weighted by molar-refractivity contribution is -0.125. The molecule has 2 fully saturated rings. The maximum atomic E-state index is 12.2. The van der Waals surface area contributed by atoms with Crippen LogP contribution in [0.4, 0.5) is 10.5 Å². The average molecular weight is 301 g/mol. The topological polar surface area (TPSA) is 61.4 Å². The average Bonchev–Trinajstić information content (AvgIpc) is 3.18. The number of hydrogen-bond acceptors (Lipinski definition) is 2. The molecule has 0 spiro atoms. The van der Waals surface area contributed by atoms with Gasteiger partial charge in [0.1, 0.15) is 0 Å². The van der Waals surface area contributed by atoms with Gasteiger partial charge >= 0.3 is 6.03 Å². The molecule has 3 rings (SSSR count). The summed E-state index contributed by atoms with van der Waals surface area (Å²) in [5.41, 5.74) is 1.96. The Hall–Kier alpha value is -2.04. The molecule has 0 radical (unpaired) electrons. The van der Waals surface area contributed by atoms with Crippen LogP contribution < -0.4 is 15.5 Å². The van der Waals surface area contributed by atoms with Crippen LogP contribution in [0, 0.1) is 5.92 Å². The summed E-state index contributed by atoms with van der Waals surface area (Å²) in [6.07, 6.45) is 4.36. The maximum Gasteiger partial charge on any atom is 0.321 e. The highest BCUT2D eigenvalue weighted by Crippen LogP contribution is 2.26. The van der Waals surface area contributed by atoms with Crippen molar-refractivity contribution in [1.82, 2.24) is 10.6 Å². The smallest absolute Gasteiger partial charge is 0.321 e. The largest absolute Gasteiger partial charge is 0.349 e. The quantitative estimate of drug-likeness (QED) is 0.898. The van der Waals surface area contributed by atoms with Gasteiger partial charge in [-0.15, -0.1) is 0 Å². The van der Waals surface area contributed by atoms with Gasteiger partial charge in [-0.1, -0.05) is 25.0 Å². The predicted molar refractivity (Wildman–Crippen MR) is 85.7 cm³/mol. The van der Waals surface area contributed by atoms with Gasteiger partial charge in [-0.3, -0.25) is 9.69 Å².